The number of nitrogens with two attached hydrogens (primary N) is 1. The highest BCUT2D eigenvalue weighted by atomic mass is 16.5. The quantitative estimate of drug-likeness (QED) is 0.917. The second kappa shape index (κ2) is 6.15. The van der Waals surface area contributed by atoms with E-state index < -0.39 is 0 Å². The molecule has 0 amide bonds. The molecule has 3 nitrogen and oxygen atoms in total. The summed E-state index contributed by atoms with van der Waals surface area (Å²) in [4.78, 5) is 2.58. The average Bonchev–Trinajstić information content (AvgIpc) is 2.78. The molecule has 2 aliphatic rings. The molecule has 2 heterocycles. The van der Waals surface area contributed by atoms with Crippen LogP contribution in [0.15, 0.2) is 24.3 Å². The van der Waals surface area contributed by atoms with Crippen LogP contribution in [0.1, 0.15) is 37.7 Å². The number of anilines is 1. The third-order valence-corrected chi connectivity index (χ3v) is 4.63. The van der Waals surface area contributed by atoms with Gasteiger partial charge in [-0.15, -0.1) is 0 Å². The summed E-state index contributed by atoms with van der Waals surface area (Å²) < 4.78 is 5.47. The van der Waals surface area contributed by atoms with Crippen LogP contribution in [0.2, 0.25) is 0 Å². The molecule has 0 bridgehead atoms. The number of ether oxygens (including phenoxy) is 1. The lowest BCUT2D eigenvalue weighted by molar-refractivity contribution is 0.0683. The number of para-hydroxylation sites is 1. The van der Waals surface area contributed by atoms with E-state index in [0.29, 0.717) is 5.92 Å². The molecule has 1 saturated heterocycles. The van der Waals surface area contributed by atoms with Crippen molar-refractivity contribution < 1.29 is 4.74 Å². The molecular formula is C17H26N2O. The fraction of sp³-hybridized carbons (Fsp3) is 0.647. The standard InChI is InChI=1S/C17H26N2O/c1-13(18)10-15-12-19(11-14-6-8-20-9-7-14)17-5-3-2-4-16(15)17/h2-5,13-15H,6-12,18H2,1H3. The molecule has 2 atom stereocenters. The first-order valence-electron chi connectivity index (χ1n) is 7.91. The Hall–Kier alpha value is -1.06. The van der Waals surface area contributed by atoms with Gasteiger partial charge in [-0.05, 0) is 43.7 Å². The zero-order valence-electron chi connectivity index (χ0n) is 12.4. The van der Waals surface area contributed by atoms with E-state index in [9.17, 15) is 0 Å². The van der Waals surface area contributed by atoms with E-state index >= 15 is 0 Å². The fourth-order valence-electron chi connectivity index (χ4n) is 3.65. The molecule has 3 heteroatoms. The minimum absolute atomic E-state index is 0.274. The Kier molecular flexibility index (Phi) is 4.27. The van der Waals surface area contributed by atoms with Crippen molar-refractivity contribution in [2.45, 2.75) is 38.1 Å². The van der Waals surface area contributed by atoms with Crippen molar-refractivity contribution in [2.24, 2.45) is 11.7 Å². The van der Waals surface area contributed by atoms with Crippen LogP contribution >= 0.6 is 0 Å². The van der Waals surface area contributed by atoms with Crippen LogP contribution in [0.25, 0.3) is 0 Å². The van der Waals surface area contributed by atoms with Crippen molar-refractivity contribution in [3.63, 3.8) is 0 Å². The lowest BCUT2D eigenvalue weighted by Crippen LogP contribution is -2.32. The van der Waals surface area contributed by atoms with E-state index in [1.807, 2.05) is 0 Å². The summed E-state index contributed by atoms with van der Waals surface area (Å²) in [7, 11) is 0. The number of rotatable bonds is 4. The van der Waals surface area contributed by atoms with Gasteiger partial charge in [0.25, 0.3) is 0 Å². The lowest BCUT2D eigenvalue weighted by Gasteiger charge is -2.29. The van der Waals surface area contributed by atoms with Gasteiger partial charge in [0.2, 0.25) is 0 Å². The van der Waals surface area contributed by atoms with Crippen molar-refractivity contribution in [1.82, 2.24) is 0 Å². The molecule has 0 saturated carbocycles. The second-order valence-electron chi connectivity index (χ2n) is 6.43. The molecule has 2 N–H and O–H groups in total. The highest BCUT2D eigenvalue weighted by Crippen LogP contribution is 2.39. The minimum Gasteiger partial charge on any atom is -0.381 e. The molecule has 0 radical (unpaired) electrons. The molecule has 1 aromatic rings. The molecule has 1 fully saturated rings. The van der Waals surface area contributed by atoms with Crippen LogP contribution in [0.4, 0.5) is 5.69 Å². The van der Waals surface area contributed by atoms with Crippen LogP contribution in [-0.4, -0.2) is 32.3 Å². The Morgan fingerprint density at radius 1 is 1.30 bits per heavy atom. The smallest absolute Gasteiger partial charge is 0.0469 e. The maximum atomic E-state index is 6.02. The third kappa shape index (κ3) is 2.99. The van der Waals surface area contributed by atoms with Gasteiger partial charge in [-0.25, -0.2) is 0 Å². The molecule has 0 aromatic heterocycles. The van der Waals surface area contributed by atoms with Gasteiger partial charge < -0.3 is 15.4 Å². The van der Waals surface area contributed by atoms with Crippen molar-refractivity contribution in [2.75, 3.05) is 31.2 Å². The van der Waals surface area contributed by atoms with Gasteiger partial charge in [-0.2, -0.15) is 0 Å². The van der Waals surface area contributed by atoms with Gasteiger partial charge in [0.15, 0.2) is 0 Å². The second-order valence-corrected chi connectivity index (χ2v) is 6.43. The van der Waals surface area contributed by atoms with Crippen molar-refractivity contribution in [3.05, 3.63) is 29.8 Å². The molecule has 110 valence electrons. The van der Waals surface area contributed by atoms with E-state index in [1.54, 1.807) is 0 Å². The molecular weight excluding hydrogens is 248 g/mol. The van der Waals surface area contributed by atoms with E-state index in [1.165, 1.54) is 30.6 Å². The molecule has 0 aliphatic carbocycles. The first-order chi connectivity index (χ1) is 9.74. The zero-order valence-corrected chi connectivity index (χ0v) is 12.4. The number of benzene rings is 1. The van der Waals surface area contributed by atoms with Crippen LogP contribution in [0.5, 0.6) is 0 Å². The monoisotopic (exact) mass is 274 g/mol. The Morgan fingerprint density at radius 2 is 2.05 bits per heavy atom. The summed E-state index contributed by atoms with van der Waals surface area (Å²) in [6.07, 6.45) is 3.49. The maximum Gasteiger partial charge on any atom is 0.0469 e. The summed E-state index contributed by atoms with van der Waals surface area (Å²) in [5, 5.41) is 0. The molecule has 2 aliphatic heterocycles. The summed E-state index contributed by atoms with van der Waals surface area (Å²) in [5.74, 6) is 1.39. The van der Waals surface area contributed by atoms with Crippen LogP contribution < -0.4 is 10.6 Å². The molecule has 2 unspecified atom stereocenters. The van der Waals surface area contributed by atoms with E-state index in [4.69, 9.17) is 10.5 Å². The van der Waals surface area contributed by atoms with Gasteiger partial charge in [0, 0.05) is 44.0 Å². The summed E-state index contributed by atoms with van der Waals surface area (Å²) >= 11 is 0. The molecule has 1 aromatic carbocycles. The Balaban J connectivity index is 1.72. The average molecular weight is 274 g/mol. The topological polar surface area (TPSA) is 38.5 Å². The van der Waals surface area contributed by atoms with Crippen LogP contribution in [0, 0.1) is 5.92 Å². The minimum atomic E-state index is 0.274. The molecule has 3 rings (SSSR count). The summed E-state index contributed by atoms with van der Waals surface area (Å²) in [6, 6.07) is 9.15. The largest absolute Gasteiger partial charge is 0.381 e. The SMILES string of the molecule is CC(N)CC1CN(CC2CCOCC2)c2ccccc21. The number of hydrogen-bond donors (Lipinski definition) is 1. The number of hydrogen-bond acceptors (Lipinski definition) is 3. The highest BCUT2D eigenvalue weighted by Gasteiger charge is 2.30. The van der Waals surface area contributed by atoms with Crippen molar-refractivity contribution in [3.8, 4) is 0 Å². The maximum absolute atomic E-state index is 6.02. The Morgan fingerprint density at radius 3 is 2.80 bits per heavy atom. The van der Waals surface area contributed by atoms with E-state index in [2.05, 4.69) is 36.1 Å². The lowest BCUT2D eigenvalue weighted by atomic mass is 9.95. The normalized spacial score (nSPS) is 24.7. The summed E-state index contributed by atoms with van der Waals surface area (Å²) in [6.45, 7) is 6.30. The van der Waals surface area contributed by atoms with Gasteiger partial charge in [-0.3, -0.25) is 0 Å². The van der Waals surface area contributed by atoms with Gasteiger partial charge in [0.1, 0.15) is 0 Å². The fourth-order valence-corrected chi connectivity index (χ4v) is 3.65. The van der Waals surface area contributed by atoms with Crippen molar-refractivity contribution in [1.29, 1.82) is 0 Å². The predicted molar refractivity (Wildman–Crippen MR) is 83.2 cm³/mol. The number of fused-ring (bicyclic) bond motifs is 1. The Labute approximate surface area is 122 Å². The van der Waals surface area contributed by atoms with E-state index in [-0.39, 0.29) is 6.04 Å². The van der Waals surface area contributed by atoms with Crippen LogP contribution in [0.3, 0.4) is 0 Å². The first-order valence-corrected chi connectivity index (χ1v) is 7.91. The summed E-state index contributed by atoms with van der Waals surface area (Å²) in [5.41, 5.74) is 8.96. The number of nitrogens with zero attached hydrogens (tertiary/aromatic N) is 1. The zero-order chi connectivity index (χ0) is 13.9. The van der Waals surface area contributed by atoms with Crippen molar-refractivity contribution >= 4 is 5.69 Å². The van der Waals surface area contributed by atoms with Gasteiger partial charge >= 0.3 is 0 Å². The highest BCUT2D eigenvalue weighted by molar-refractivity contribution is 5.60. The van der Waals surface area contributed by atoms with Crippen LogP contribution in [-0.2, 0) is 4.74 Å². The molecule has 0 spiro atoms. The van der Waals surface area contributed by atoms with Gasteiger partial charge in [0.05, 0.1) is 0 Å². The molecule has 20 heavy (non-hydrogen) atoms. The van der Waals surface area contributed by atoms with Gasteiger partial charge in [-0.1, -0.05) is 18.2 Å². The van der Waals surface area contributed by atoms with E-state index in [0.717, 1.165) is 32.1 Å². The first kappa shape index (κ1) is 13.9. The third-order valence-electron chi connectivity index (χ3n) is 4.63. The predicted octanol–water partition coefficient (Wildman–Crippen LogP) is 2.75. The Bertz CT molecular complexity index is 440.